The van der Waals surface area contributed by atoms with Gasteiger partial charge in [-0.1, -0.05) is 5.21 Å². The van der Waals surface area contributed by atoms with Crippen molar-refractivity contribution in [2.75, 3.05) is 0 Å². The molecule has 0 aliphatic carbocycles. The molecule has 0 aromatic carbocycles. The van der Waals surface area contributed by atoms with Crippen LogP contribution in [0.4, 0.5) is 0 Å². The number of hydrogen-bond donors (Lipinski definition) is 1. The van der Waals surface area contributed by atoms with Gasteiger partial charge in [0, 0.05) is 18.5 Å². The quantitative estimate of drug-likeness (QED) is 0.780. The van der Waals surface area contributed by atoms with Gasteiger partial charge in [-0.05, 0) is 13.8 Å². The molecule has 2 aromatic heterocycles. The molecule has 2 unspecified atom stereocenters. The molecule has 1 amide bonds. The number of rotatable bonds is 2. The van der Waals surface area contributed by atoms with E-state index < -0.39 is 0 Å². The Morgan fingerprint density at radius 2 is 2.33 bits per heavy atom. The van der Waals surface area contributed by atoms with Gasteiger partial charge in [-0.2, -0.15) is 9.78 Å². The van der Waals surface area contributed by atoms with Crippen LogP contribution in [-0.2, 0) is 11.2 Å². The van der Waals surface area contributed by atoms with Crippen LogP contribution >= 0.6 is 0 Å². The van der Waals surface area contributed by atoms with E-state index in [2.05, 4.69) is 20.5 Å². The maximum atomic E-state index is 11.1. The Hall–Kier alpha value is -2.18. The summed E-state index contributed by atoms with van der Waals surface area (Å²) in [5.74, 6) is 0.794. The third-order valence-electron chi connectivity index (χ3n) is 3.47. The summed E-state index contributed by atoms with van der Waals surface area (Å²) in [5, 5.41) is 15.1. The van der Waals surface area contributed by atoms with Crippen molar-refractivity contribution in [1.82, 2.24) is 30.1 Å². The lowest BCUT2D eigenvalue weighted by Gasteiger charge is -2.34. The van der Waals surface area contributed by atoms with E-state index in [0.717, 1.165) is 30.0 Å². The maximum absolute atomic E-state index is 11.1. The predicted octanol–water partition coefficient (Wildman–Crippen LogP) is 0.454. The topological polar surface area (TPSA) is 79.7 Å². The zero-order valence-electron chi connectivity index (χ0n) is 10.2. The highest BCUT2D eigenvalue weighted by Gasteiger charge is 2.33. The van der Waals surface area contributed by atoms with Crippen LogP contribution in [0.1, 0.15) is 31.3 Å². The van der Waals surface area contributed by atoms with Crippen molar-refractivity contribution in [2.24, 2.45) is 0 Å². The number of carbonyl (C=O) groups is 1. The SMILES string of the molecule is CC1Cc2c(nnn2-c2ccn[nH]2)C(C)N1C=O. The third-order valence-corrected chi connectivity index (χ3v) is 3.47. The summed E-state index contributed by atoms with van der Waals surface area (Å²) in [4.78, 5) is 12.9. The van der Waals surface area contributed by atoms with Crippen LogP contribution in [0.3, 0.4) is 0 Å². The largest absolute Gasteiger partial charge is 0.334 e. The Labute approximate surface area is 104 Å². The fraction of sp³-hybridized carbons (Fsp3) is 0.455. The molecule has 18 heavy (non-hydrogen) atoms. The molecule has 0 fully saturated rings. The Balaban J connectivity index is 2.08. The minimum atomic E-state index is -0.0436. The highest BCUT2D eigenvalue weighted by Crippen LogP contribution is 2.30. The molecule has 0 saturated heterocycles. The van der Waals surface area contributed by atoms with Crippen LogP contribution in [0.25, 0.3) is 5.82 Å². The molecule has 1 aliphatic rings. The van der Waals surface area contributed by atoms with E-state index in [9.17, 15) is 4.79 Å². The highest BCUT2D eigenvalue weighted by molar-refractivity contribution is 5.50. The van der Waals surface area contributed by atoms with Gasteiger partial charge in [0.1, 0.15) is 5.69 Å². The second-order valence-corrected chi connectivity index (χ2v) is 4.56. The second-order valence-electron chi connectivity index (χ2n) is 4.56. The molecular formula is C11H14N6O. The fourth-order valence-corrected chi connectivity index (χ4v) is 2.49. The summed E-state index contributed by atoms with van der Waals surface area (Å²) >= 11 is 0. The zero-order valence-corrected chi connectivity index (χ0v) is 10.2. The number of nitrogens with one attached hydrogen (secondary N) is 1. The van der Waals surface area contributed by atoms with Crippen molar-refractivity contribution in [2.45, 2.75) is 32.4 Å². The van der Waals surface area contributed by atoms with E-state index in [1.54, 1.807) is 15.8 Å². The van der Waals surface area contributed by atoms with Gasteiger partial charge < -0.3 is 4.90 Å². The number of fused-ring (bicyclic) bond motifs is 1. The number of hydrogen-bond acceptors (Lipinski definition) is 4. The first-order chi connectivity index (χ1) is 8.72. The first-order valence-electron chi connectivity index (χ1n) is 5.89. The molecule has 7 heteroatoms. The average Bonchev–Trinajstić information content (AvgIpc) is 2.96. The number of aromatic nitrogens is 5. The summed E-state index contributed by atoms with van der Waals surface area (Å²) in [6.45, 7) is 3.99. The Kier molecular flexibility index (Phi) is 2.39. The smallest absolute Gasteiger partial charge is 0.210 e. The van der Waals surface area contributed by atoms with Crippen molar-refractivity contribution in [3.63, 3.8) is 0 Å². The molecule has 0 bridgehead atoms. The van der Waals surface area contributed by atoms with E-state index in [1.807, 2.05) is 19.9 Å². The van der Waals surface area contributed by atoms with Crippen LogP contribution in [0.2, 0.25) is 0 Å². The summed E-state index contributed by atoms with van der Waals surface area (Å²) < 4.78 is 1.76. The third kappa shape index (κ3) is 1.43. The summed E-state index contributed by atoms with van der Waals surface area (Å²) in [6, 6.07) is 1.94. The molecule has 0 radical (unpaired) electrons. The number of amides is 1. The molecule has 3 rings (SSSR count). The summed E-state index contributed by atoms with van der Waals surface area (Å²) in [6.07, 6.45) is 3.30. The highest BCUT2D eigenvalue weighted by atomic mass is 16.1. The van der Waals surface area contributed by atoms with E-state index >= 15 is 0 Å². The van der Waals surface area contributed by atoms with E-state index in [4.69, 9.17) is 0 Å². The molecule has 1 N–H and O–H groups in total. The summed E-state index contributed by atoms with van der Waals surface area (Å²) in [7, 11) is 0. The lowest BCUT2D eigenvalue weighted by atomic mass is 9.99. The van der Waals surface area contributed by atoms with Crippen LogP contribution < -0.4 is 0 Å². The Morgan fingerprint density at radius 1 is 1.50 bits per heavy atom. The van der Waals surface area contributed by atoms with Gasteiger partial charge in [-0.15, -0.1) is 5.10 Å². The number of nitrogens with zero attached hydrogens (tertiary/aromatic N) is 5. The van der Waals surface area contributed by atoms with Crippen molar-refractivity contribution in [3.8, 4) is 5.82 Å². The lowest BCUT2D eigenvalue weighted by molar-refractivity contribution is -0.122. The standard InChI is InChI=1S/C11H14N6O/c1-7-5-9-11(8(2)16(7)6-18)14-15-17(9)10-3-4-12-13-10/h3-4,6-8H,5H2,1-2H3,(H,12,13). The zero-order chi connectivity index (χ0) is 12.7. The minimum absolute atomic E-state index is 0.0436. The predicted molar refractivity (Wildman–Crippen MR) is 63.0 cm³/mol. The molecule has 0 spiro atoms. The lowest BCUT2D eigenvalue weighted by Crippen LogP contribution is -2.40. The number of carbonyl (C=O) groups excluding carboxylic acids is 1. The van der Waals surface area contributed by atoms with Crippen molar-refractivity contribution >= 4 is 6.41 Å². The molecule has 94 valence electrons. The minimum Gasteiger partial charge on any atom is -0.334 e. The van der Waals surface area contributed by atoms with E-state index in [1.165, 1.54) is 0 Å². The molecule has 3 heterocycles. The van der Waals surface area contributed by atoms with Gasteiger partial charge >= 0.3 is 0 Å². The molecule has 2 atom stereocenters. The number of H-pyrrole nitrogens is 1. The maximum Gasteiger partial charge on any atom is 0.210 e. The molecule has 0 saturated carbocycles. The Morgan fingerprint density at radius 3 is 3.00 bits per heavy atom. The van der Waals surface area contributed by atoms with Crippen LogP contribution in [0.5, 0.6) is 0 Å². The Bertz CT molecular complexity index is 560. The van der Waals surface area contributed by atoms with Gasteiger partial charge in [-0.3, -0.25) is 9.89 Å². The molecule has 2 aromatic rings. The van der Waals surface area contributed by atoms with Crippen molar-refractivity contribution in [1.29, 1.82) is 0 Å². The van der Waals surface area contributed by atoms with E-state index in [0.29, 0.717) is 0 Å². The van der Waals surface area contributed by atoms with Crippen LogP contribution in [0, 0.1) is 0 Å². The first kappa shape index (κ1) is 10.9. The molecular weight excluding hydrogens is 232 g/mol. The first-order valence-corrected chi connectivity index (χ1v) is 5.89. The second kappa shape index (κ2) is 3.94. The van der Waals surface area contributed by atoms with Gasteiger partial charge in [-0.25, -0.2) is 0 Å². The van der Waals surface area contributed by atoms with Gasteiger partial charge in [0.15, 0.2) is 5.82 Å². The summed E-state index contributed by atoms with van der Waals surface area (Å²) in [5.41, 5.74) is 1.90. The van der Waals surface area contributed by atoms with Gasteiger partial charge in [0.25, 0.3) is 0 Å². The van der Waals surface area contributed by atoms with Gasteiger partial charge in [0.05, 0.1) is 17.9 Å². The van der Waals surface area contributed by atoms with Crippen LogP contribution in [-0.4, -0.2) is 42.5 Å². The molecule has 1 aliphatic heterocycles. The fourth-order valence-electron chi connectivity index (χ4n) is 2.49. The number of aromatic amines is 1. The monoisotopic (exact) mass is 246 g/mol. The van der Waals surface area contributed by atoms with Gasteiger partial charge in [0.2, 0.25) is 6.41 Å². The average molecular weight is 246 g/mol. The van der Waals surface area contributed by atoms with Crippen molar-refractivity contribution in [3.05, 3.63) is 23.7 Å². The van der Waals surface area contributed by atoms with E-state index in [-0.39, 0.29) is 12.1 Å². The normalized spacial score (nSPS) is 22.9. The van der Waals surface area contributed by atoms with Crippen LogP contribution in [0.15, 0.2) is 12.3 Å². The molecule has 7 nitrogen and oxygen atoms in total. The van der Waals surface area contributed by atoms with Crippen molar-refractivity contribution < 1.29 is 4.79 Å².